The number of carboxylic acids is 1. The number of amides is 1. The Balaban J connectivity index is 2.45. The van der Waals surface area contributed by atoms with E-state index in [4.69, 9.17) is 5.11 Å². The van der Waals surface area contributed by atoms with E-state index in [0.29, 0.717) is 12.2 Å². The lowest BCUT2D eigenvalue weighted by atomic mass is 10.3. The van der Waals surface area contributed by atoms with Crippen molar-refractivity contribution in [1.29, 1.82) is 0 Å². The van der Waals surface area contributed by atoms with Crippen molar-refractivity contribution in [1.82, 2.24) is 4.90 Å². The molecular formula is C12H16N2O3. The van der Waals surface area contributed by atoms with Crippen molar-refractivity contribution >= 4 is 17.6 Å². The van der Waals surface area contributed by atoms with E-state index in [2.05, 4.69) is 5.32 Å². The summed E-state index contributed by atoms with van der Waals surface area (Å²) in [6, 6.07) is 9.07. The monoisotopic (exact) mass is 236 g/mol. The van der Waals surface area contributed by atoms with E-state index < -0.39 is 5.97 Å². The second-order valence-electron chi connectivity index (χ2n) is 3.61. The van der Waals surface area contributed by atoms with Gasteiger partial charge in [0.15, 0.2) is 0 Å². The molecule has 0 bridgehead atoms. The van der Waals surface area contributed by atoms with Crippen LogP contribution in [0.5, 0.6) is 0 Å². The first-order valence-electron chi connectivity index (χ1n) is 5.41. The van der Waals surface area contributed by atoms with Gasteiger partial charge < -0.3 is 10.4 Å². The molecule has 5 nitrogen and oxygen atoms in total. The molecule has 0 atom stereocenters. The molecule has 0 aromatic heterocycles. The SMILES string of the molecule is CCN(CC(=O)O)CC(=O)Nc1ccccc1. The fraction of sp³-hybridized carbons (Fsp3) is 0.333. The Kier molecular flexibility index (Phi) is 5.16. The summed E-state index contributed by atoms with van der Waals surface area (Å²) in [5.41, 5.74) is 0.712. The van der Waals surface area contributed by atoms with Gasteiger partial charge in [-0.25, -0.2) is 0 Å². The molecule has 0 unspecified atom stereocenters. The number of likely N-dealkylation sites (N-methyl/N-ethyl adjacent to an activating group) is 1. The number of hydrogen-bond donors (Lipinski definition) is 2. The van der Waals surface area contributed by atoms with Gasteiger partial charge in [0, 0.05) is 5.69 Å². The first kappa shape index (κ1) is 13.2. The minimum absolute atomic E-state index is 0.0810. The van der Waals surface area contributed by atoms with Crippen LogP contribution in [-0.2, 0) is 9.59 Å². The van der Waals surface area contributed by atoms with Crippen molar-refractivity contribution in [3.63, 3.8) is 0 Å². The first-order valence-corrected chi connectivity index (χ1v) is 5.41. The molecule has 92 valence electrons. The molecule has 0 spiro atoms. The highest BCUT2D eigenvalue weighted by Gasteiger charge is 2.11. The number of nitrogens with one attached hydrogen (secondary N) is 1. The number of anilines is 1. The van der Waals surface area contributed by atoms with Crippen molar-refractivity contribution in [3.8, 4) is 0 Å². The minimum atomic E-state index is -0.931. The van der Waals surface area contributed by atoms with E-state index >= 15 is 0 Å². The van der Waals surface area contributed by atoms with E-state index in [1.54, 1.807) is 17.0 Å². The first-order chi connectivity index (χ1) is 8.11. The van der Waals surface area contributed by atoms with Gasteiger partial charge in [-0.05, 0) is 18.7 Å². The third-order valence-corrected chi connectivity index (χ3v) is 2.23. The summed E-state index contributed by atoms with van der Waals surface area (Å²) in [4.78, 5) is 23.7. The molecule has 0 saturated heterocycles. The van der Waals surface area contributed by atoms with Crippen molar-refractivity contribution in [2.45, 2.75) is 6.92 Å². The third kappa shape index (κ3) is 5.12. The van der Waals surface area contributed by atoms with Crippen LogP contribution in [0.4, 0.5) is 5.69 Å². The van der Waals surface area contributed by atoms with Crippen LogP contribution in [0.25, 0.3) is 0 Å². The Morgan fingerprint density at radius 2 is 1.88 bits per heavy atom. The predicted octanol–water partition coefficient (Wildman–Crippen LogP) is 1.03. The van der Waals surface area contributed by atoms with Crippen LogP contribution < -0.4 is 5.32 Å². The molecule has 17 heavy (non-hydrogen) atoms. The summed E-state index contributed by atoms with van der Waals surface area (Å²) in [5.74, 6) is -1.14. The molecule has 0 fully saturated rings. The van der Waals surface area contributed by atoms with E-state index in [1.165, 1.54) is 0 Å². The maximum absolute atomic E-state index is 11.6. The summed E-state index contributed by atoms with van der Waals surface area (Å²) in [6.45, 7) is 2.30. The Bertz CT molecular complexity index is 379. The summed E-state index contributed by atoms with van der Waals surface area (Å²) in [7, 11) is 0. The highest BCUT2D eigenvalue weighted by atomic mass is 16.4. The van der Waals surface area contributed by atoms with Gasteiger partial charge in [-0.3, -0.25) is 14.5 Å². The molecule has 0 aliphatic carbocycles. The summed E-state index contributed by atoms with van der Waals surface area (Å²) in [6.07, 6.45) is 0. The Morgan fingerprint density at radius 3 is 2.41 bits per heavy atom. The Hall–Kier alpha value is -1.88. The molecule has 1 aromatic carbocycles. The van der Waals surface area contributed by atoms with E-state index in [0.717, 1.165) is 0 Å². The number of carbonyl (C=O) groups excluding carboxylic acids is 1. The zero-order chi connectivity index (χ0) is 12.7. The standard InChI is InChI=1S/C12H16N2O3/c1-2-14(9-12(16)17)8-11(15)13-10-6-4-3-5-7-10/h3-7H,2,8-9H2,1H3,(H,13,15)(H,16,17). The quantitative estimate of drug-likeness (QED) is 0.774. The number of carboxylic acid groups (broad SMARTS) is 1. The fourth-order valence-corrected chi connectivity index (χ4v) is 1.40. The zero-order valence-electron chi connectivity index (χ0n) is 9.72. The lowest BCUT2D eigenvalue weighted by Crippen LogP contribution is -2.36. The second kappa shape index (κ2) is 6.65. The van der Waals surface area contributed by atoms with Crippen LogP contribution in [0, 0.1) is 0 Å². The number of aliphatic carboxylic acids is 1. The smallest absolute Gasteiger partial charge is 0.317 e. The third-order valence-electron chi connectivity index (χ3n) is 2.23. The van der Waals surface area contributed by atoms with Gasteiger partial charge in [0.05, 0.1) is 13.1 Å². The van der Waals surface area contributed by atoms with Gasteiger partial charge in [0.2, 0.25) is 5.91 Å². The topological polar surface area (TPSA) is 69.6 Å². The zero-order valence-corrected chi connectivity index (χ0v) is 9.72. The molecule has 0 heterocycles. The number of rotatable bonds is 6. The minimum Gasteiger partial charge on any atom is -0.480 e. The lowest BCUT2D eigenvalue weighted by molar-refractivity contribution is -0.138. The van der Waals surface area contributed by atoms with Crippen LogP contribution >= 0.6 is 0 Å². The summed E-state index contributed by atoms with van der Waals surface area (Å²) < 4.78 is 0. The van der Waals surface area contributed by atoms with Crippen molar-refractivity contribution in [3.05, 3.63) is 30.3 Å². The highest BCUT2D eigenvalue weighted by molar-refractivity contribution is 5.92. The van der Waals surface area contributed by atoms with E-state index in [-0.39, 0.29) is 19.0 Å². The molecule has 1 rings (SSSR count). The molecule has 0 radical (unpaired) electrons. The van der Waals surface area contributed by atoms with Crippen molar-refractivity contribution in [2.24, 2.45) is 0 Å². The van der Waals surface area contributed by atoms with Crippen LogP contribution in [-0.4, -0.2) is 41.5 Å². The molecular weight excluding hydrogens is 220 g/mol. The molecule has 0 aliphatic rings. The number of para-hydroxylation sites is 1. The normalized spacial score (nSPS) is 10.2. The van der Waals surface area contributed by atoms with Crippen LogP contribution in [0.15, 0.2) is 30.3 Å². The average molecular weight is 236 g/mol. The number of benzene rings is 1. The number of nitrogens with zero attached hydrogens (tertiary/aromatic N) is 1. The largest absolute Gasteiger partial charge is 0.480 e. The van der Waals surface area contributed by atoms with Crippen LogP contribution in [0.3, 0.4) is 0 Å². The van der Waals surface area contributed by atoms with Gasteiger partial charge >= 0.3 is 5.97 Å². The van der Waals surface area contributed by atoms with Gasteiger partial charge in [0.1, 0.15) is 0 Å². The van der Waals surface area contributed by atoms with Gasteiger partial charge in [-0.15, -0.1) is 0 Å². The van der Waals surface area contributed by atoms with Crippen molar-refractivity contribution < 1.29 is 14.7 Å². The lowest BCUT2D eigenvalue weighted by Gasteiger charge is -2.17. The maximum Gasteiger partial charge on any atom is 0.317 e. The van der Waals surface area contributed by atoms with Crippen LogP contribution in [0.1, 0.15) is 6.92 Å². The molecule has 0 aliphatic heterocycles. The van der Waals surface area contributed by atoms with Gasteiger partial charge in [-0.2, -0.15) is 0 Å². The van der Waals surface area contributed by atoms with Crippen LogP contribution in [0.2, 0.25) is 0 Å². The van der Waals surface area contributed by atoms with Crippen molar-refractivity contribution in [2.75, 3.05) is 25.0 Å². The fourth-order valence-electron chi connectivity index (χ4n) is 1.40. The molecule has 1 aromatic rings. The molecule has 1 amide bonds. The maximum atomic E-state index is 11.6. The molecule has 5 heteroatoms. The second-order valence-corrected chi connectivity index (χ2v) is 3.61. The van der Waals surface area contributed by atoms with Gasteiger partial charge in [0.25, 0.3) is 0 Å². The van der Waals surface area contributed by atoms with E-state index in [9.17, 15) is 9.59 Å². The number of hydrogen-bond acceptors (Lipinski definition) is 3. The summed E-state index contributed by atoms with van der Waals surface area (Å²) in [5, 5.41) is 11.4. The predicted molar refractivity (Wildman–Crippen MR) is 64.8 cm³/mol. The van der Waals surface area contributed by atoms with E-state index in [1.807, 2.05) is 25.1 Å². The highest BCUT2D eigenvalue weighted by Crippen LogP contribution is 2.04. The Labute approximate surface area is 100 Å². The number of carbonyl (C=O) groups is 2. The Morgan fingerprint density at radius 1 is 1.24 bits per heavy atom. The molecule has 2 N–H and O–H groups in total. The summed E-state index contributed by atoms with van der Waals surface area (Å²) >= 11 is 0. The van der Waals surface area contributed by atoms with Gasteiger partial charge in [-0.1, -0.05) is 25.1 Å². The molecule has 0 saturated carbocycles. The average Bonchev–Trinajstić information content (AvgIpc) is 2.28.